The predicted molar refractivity (Wildman–Crippen MR) is 224 cm³/mol. The van der Waals surface area contributed by atoms with Crippen LogP contribution in [0.3, 0.4) is 0 Å². The maximum absolute atomic E-state index is 2.59. The first-order valence-electron chi connectivity index (χ1n) is 20.5. The van der Waals surface area contributed by atoms with Gasteiger partial charge in [-0.15, -0.1) is 0 Å². The Bertz CT molecular complexity index is 2250. The molecule has 3 atom stereocenters. The Hall–Kier alpha value is -4.88. The molecular weight excluding hydrogens is 639 g/mol. The number of nitrogens with zero attached hydrogens (tertiary/aromatic N) is 1. The van der Waals surface area contributed by atoms with Gasteiger partial charge in [-0.05, 0) is 142 Å². The normalized spacial score (nSPS) is 21.4. The highest BCUT2D eigenvalue weighted by molar-refractivity contribution is 5.91. The van der Waals surface area contributed by atoms with Gasteiger partial charge in [-0.3, -0.25) is 0 Å². The number of benzene rings is 6. The van der Waals surface area contributed by atoms with Gasteiger partial charge in [0.25, 0.3) is 0 Å². The van der Waals surface area contributed by atoms with Gasteiger partial charge in [0.15, 0.2) is 0 Å². The molecule has 0 spiro atoms. The summed E-state index contributed by atoms with van der Waals surface area (Å²) in [4.78, 5) is 2.59. The summed E-state index contributed by atoms with van der Waals surface area (Å²) in [6.45, 7) is 4.88. The third-order valence-electron chi connectivity index (χ3n) is 13.8. The van der Waals surface area contributed by atoms with E-state index in [2.05, 4.69) is 158 Å². The molecule has 2 bridgehead atoms. The predicted octanol–water partition coefficient (Wildman–Crippen LogP) is 14.7. The average Bonchev–Trinajstić information content (AvgIpc) is 3.92. The molecule has 4 aliphatic rings. The lowest BCUT2D eigenvalue weighted by molar-refractivity contribution is 0.420. The maximum Gasteiger partial charge on any atom is 0.0496 e. The molecule has 6 aromatic carbocycles. The molecule has 10 rings (SSSR count). The molecule has 0 aromatic heterocycles. The Morgan fingerprint density at radius 3 is 1.98 bits per heavy atom. The van der Waals surface area contributed by atoms with E-state index in [1.807, 2.05) is 0 Å². The number of para-hydroxylation sites is 1. The van der Waals surface area contributed by atoms with Crippen LogP contribution in [-0.2, 0) is 5.41 Å². The van der Waals surface area contributed by atoms with Crippen molar-refractivity contribution in [3.63, 3.8) is 0 Å². The fraction of sp³-hybridized carbons (Fsp3) is 0.308. The third kappa shape index (κ3) is 5.67. The van der Waals surface area contributed by atoms with Gasteiger partial charge in [-0.1, -0.05) is 149 Å². The molecule has 3 saturated carbocycles. The molecule has 6 aromatic rings. The number of fused-ring (bicyclic) bond motifs is 5. The Balaban J connectivity index is 1.06. The summed E-state index contributed by atoms with van der Waals surface area (Å²) >= 11 is 0. The lowest BCUT2D eigenvalue weighted by Crippen LogP contribution is -2.18. The van der Waals surface area contributed by atoms with Crippen molar-refractivity contribution in [1.82, 2.24) is 0 Å². The minimum Gasteiger partial charge on any atom is -0.310 e. The first-order valence-corrected chi connectivity index (χ1v) is 20.5. The lowest BCUT2D eigenvalue weighted by atomic mass is 9.78. The second-order valence-electron chi connectivity index (χ2n) is 17.1. The molecule has 264 valence electrons. The zero-order valence-corrected chi connectivity index (χ0v) is 31.4. The standard InChI is InChI=1S/C52H51N/c1-52(2)49-34-43(30-31-46(49)47-18-11-17-45(51(47)52)39-24-22-37(23-25-39)36-12-5-3-6-13-36)53(50-19-10-9-16-44(50)38-14-7-4-8-15-38)42-28-26-40(27-29-42)48-33-35-20-21-41(48)32-35/h3,5-6,9-13,16-19,22-31,34-35,38,41,48H,4,7-8,14-15,20-21,32-33H2,1-2H3. The molecule has 0 aliphatic heterocycles. The van der Waals surface area contributed by atoms with E-state index in [0.717, 1.165) is 17.8 Å². The SMILES string of the molecule is CC1(C)c2cc(N(c3ccc(C4CC5CCC4C5)cc3)c3ccccc3C3CCCCC3)ccc2-c2cccc(-c3ccc(-c4ccccc4)cc3)c21. The van der Waals surface area contributed by atoms with Crippen molar-refractivity contribution >= 4 is 17.1 Å². The second-order valence-corrected chi connectivity index (χ2v) is 17.1. The zero-order chi connectivity index (χ0) is 35.5. The van der Waals surface area contributed by atoms with E-state index in [0.29, 0.717) is 5.92 Å². The summed E-state index contributed by atoms with van der Waals surface area (Å²) in [7, 11) is 0. The Morgan fingerprint density at radius 1 is 0.528 bits per heavy atom. The van der Waals surface area contributed by atoms with Crippen LogP contribution in [0.2, 0.25) is 0 Å². The number of hydrogen-bond acceptors (Lipinski definition) is 1. The molecule has 0 amide bonds. The van der Waals surface area contributed by atoms with Gasteiger partial charge >= 0.3 is 0 Å². The molecule has 4 aliphatic carbocycles. The van der Waals surface area contributed by atoms with Crippen molar-refractivity contribution in [1.29, 1.82) is 0 Å². The van der Waals surface area contributed by atoms with Crippen molar-refractivity contribution < 1.29 is 0 Å². The van der Waals surface area contributed by atoms with Gasteiger partial charge in [0.1, 0.15) is 0 Å². The summed E-state index contributed by atoms with van der Waals surface area (Å²) in [6, 6.07) is 53.3. The maximum atomic E-state index is 2.59. The molecule has 3 unspecified atom stereocenters. The van der Waals surface area contributed by atoms with Gasteiger partial charge in [0.2, 0.25) is 0 Å². The Kier molecular flexibility index (Phi) is 8.16. The lowest BCUT2D eigenvalue weighted by Gasteiger charge is -2.33. The van der Waals surface area contributed by atoms with E-state index in [4.69, 9.17) is 0 Å². The minimum absolute atomic E-state index is 0.157. The monoisotopic (exact) mass is 689 g/mol. The fourth-order valence-electron chi connectivity index (χ4n) is 11.1. The van der Waals surface area contributed by atoms with Gasteiger partial charge in [-0.25, -0.2) is 0 Å². The molecule has 0 saturated heterocycles. The van der Waals surface area contributed by atoms with E-state index in [1.165, 1.54) is 125 Å². The second kappa shape index (κ2) is 13.2. The number of hydrogen-bond donors (Lipinski definition) is 0. The highest BCUT2D eigenvalue weighted by atomic mass is 15.1. The van der Waals surface area contributed by atoms with E-state index >= 15 is 0 Å². The smallest absolute Gasteiger partial charge is 0.0496 e. The number of anilines is 3. The van der Waals surface area contributed by atoms with Crippen LogP contribution in [0.15, 0.2) is 140 Å². The van der Waals surface area contributed by atoms with Crippen LogP contribution in [0.1, 0.15) is 106 Å². The van der Waals surface area contributed by atoms with Crippen molar-refractivity contribution in [2.24, 2.45) is 11.8 Å². The van der Waals surface area contributed by atoms with Crippen LogP contribution in [0.5, 0.6) is 0 Å². The molecule has 0 N–H and O–H groups in total. The van der Waals surface area contributed by atoms with Crippen LogP contribution in [0.25, 0.3) is 33.4 Å². The van der Waals surface area contributed by atoms with Crippen molar-refractivity contribution in [2.75, 3.05) is 4.90 Å². The molecule has 53 heavy (non-hydrogen) atoms. The van der Waals surface area contributed by atoms with E-state index < -0.39 is 0 Å². The van der Waals surface area contributed by atoms with Gasteiger partial charge in [0.05, 0.1) is 0 Å². The Labute approximate surface area is 316 Å². The average molecular weight is 690 g/mol. The molecule has 1 heteroatoms. The molecule has 1 nitrogen and oxygen atoms in total. The van der Waals surface area contributed by atoms with Gasteiger partial charge in [-0.2, -0.15) is 0 Å². The van der Waals surface area contributed by atoms with Crippen LogP contribution in [0.4, 0.5) is 17.1 Å². The van der Waals surface area contributed by atoms with Gasteiger partial charge < -0.3 is 4.90 Å². The molecule has 3 fully saturated rings. The Morgan fingerprint density at radius 2 is 1.23 bits per heavy atom. The summed E-state index contributed by atoms with van der Waals surface area (Å²) in [5.74, 6) is 3.20. The van der Waals surface area contributed by atoms with Crippen molar-refractivity contribution in [3.8, 4) is 33.4 Å². The van der Waals surface area contributed by atoms with Crippen LogP contribution in [-0.4, -0.2) is 0 Å². The van der Waals surface area contributed by atoms with Crippen LogP contribution >= 0.6 is 0 Å². The van der Waals surface area contributed by atoms with E-state index in [-0.39, 0.29) is 5.41 Å². The van der Waals surface area contributed by atoms with E-state index in [9.17, 15) is 0 Å². The summed E-state index contributed by atoms with van der Waals surface area (Å²) in [5.41, 5.74) is 17.5. The van der Waals surface area contributed by atoms with Crippen molar-refractivity contribution in [3.05, 3.63) is 162 Å². The molecule has 0 heterocycles. The zero-order valence-electron chi connectivity index (χ0n) is 31.4. The summed E-state index contributed by atoms with van der Waals surface area (Å²) < 4.78 is 0. The highest BCUT2D eigenvalue weighted by Gasteiger charge is 2.41. The summed E-state index contributed by atoms with van der Waals surface area (Å²) in [6.07, 6.45) is 12.3. The molecule has 0 radical (unpaired) electrons. The van der Waals surface area contributed by atoms with E-state index in [1.54, 1.807) is 5.56 Å². The third-order valence-corrected chi connectivity index (χ3v) is 13.8. The van der Waals surface area contributed by atoms with Gasteiger partial charge in [0, 0.05) is 22.5 Å². The minimum atomic E-state index is -0.157. The van der Waals surface area contributed by atoms with Crippen molar-refractivity contribution in [2.45, 2.75) is 88.9 Å². The largest absolute Gasteiger partial charge is 0.310 e. The first-order chi connectivity index (χ1) is 26.0. The first kappa shape index (κ1) is 32.7. The topological polar surface area (TPSA) is 3.24 Å². The fourth-order valence-corrected chi connectivity index (χ4v) is 11.1. The highest BCUT2D eigenvalue weighted by Crippen LogP contribution is 2.55. The van der Waals surface area contributed by atoms with Crippen LogP contribution < -0.4 is 4.90 Å². The summed E-state index contributed by atoms with van der Waals surface area (Å²) in [5, 5.41) is 0. The quantitative estimate of drug-likeness (QED) is 0.161. The van der Waals surface area contributed by atoms with Crippen LogP contribution in [0, 0.1) is 11.8 Å². The molecular formula is C52H51N. The number of rotatable bonds is 7.